The Labute approximate surface area is 174 Å². The van der Waals surface area contributed by atoms with Gasteiger partial charge in [0.05, 0.1) is 12.8 Å². The molecule has 0 spiro atoms. The van der Waals surface area contributed by atoms with Gasteiger partial charge in [0, 0.05) is 28.9 Å². The molecule has 0 aliphatic heterocycles. The molecule has 0 bridgehead atoms. The van der Waals surface area contributed by atoms with Gasteiger partial charge in [0.25, 0.3) is 0 Å². The first-order chi connectivity index (χ1) is 14.6. The Morgan fingerprint density at radius 1 is 0.900 bits per heavy atom. The third-order valence-corrected chi connectivity index (χ3v) is 5.80. The molecular formula is C26H20FNO2. The molecule has 0 saturated carbocycles. The Balaban J connectivity index is 1.78. The fourth-order valence-electron chi connectivity index (χ4n) is 4.36. The first kappa shape index (κ1) is 18.4. The lowest BCUT2D eigenvalue weighted by Crippen LogP contribution is -2.10. The Morgan fingerprint density at radius 2 is 1.63 bits per heavy atom. The predicted molar refractivity (Wildman–Crippen MR) is 116 cm³/mol. The molecule has 4 aromatic rings. The highest BCUT2D eigenvalue weighted by Gasteiger charge is 2.35. The van der Waals surface area contributed by atoms with Crippen LogP contribution in [0, 0.1) is 12.7 Å². The van der Waals surface area contributed by atoms with E-state index in [9.17, 15) is 9.18 Å². The smallest absolute Gasteiger partial charge is 0.210 e. The van der Waals surface area contributed by atoms with Gasteiger partial charge in [-0.2, -0.15) is 0 Å². The number of hydrogen-bond acceptors (Lipinski definition) is 2. The van der Waals surface area contributed by atoms with Crippen LogP contribution < -0.4 is 4.74 Å². The zero-order valence-electron chi connectivity index (χ0n) is 16.8. The van der Waals surface area contributed by atoms with Crippen LogP contribution in [0.25, 0.3) is 22.3 Å². The first-order valence-electron chi connectivity index (χ1n) is 9.84. The number of nitrogens with zero attached hydrogens (tertiary/aromatic N) is 1. The second-order valence-electron chi connectivity index (χ2n) is 7.50. The SMILES string of the molecule is COc1ccc(-c2c3c(n(Cc4ccccc4)c2C)C(=O)c2ccc(F)cc2-3)cc1. The van der Waals surface area contributed by atoms with Gasteiger partial charge in [-0.1, -0.05) is 42.5 Å². The van der Waals surface area contributed by atoms with Crippen LogP contribution in [0.5, 0.6) is 5.75 Å². The number of ether oxygens (including phenoxy) is 1. The van der Waals surface area contributed by atoms with Crippen LogP contribution in [-0.4, -0.2) is 17.5 Å². The summed E-state index contributed by atoms with van der Waals surface area (Å²) in [6, 6.07) is 22.2. The van der Waals surface area contributed by atoms with Crippen LogP contribution in [0.2, 0.25) is 0 Å². The standard InChI is InChI=1S/C26H20FNO2/c1-16-23(18-8-11-20(30-2)12-9-18)24-22-14-19(27)10-13-21(22)26(29)25(24)28(16)15-17-6-4-3-5-7-17/h3-14H,15H2,1-2H3. The van der Waals surface area contributed by atoms with E-state index >= 15 is 0 Å². The number of carbonyl (C=O) groups excluding carboxylic acids is 1. The number of carbonyl (C=O) groups is 1. The highest BCUT2D eigenvalue weighted by Crippen LogP contribution is 2.47. The van der Waals surface area contributed by atoms with Crippen molar-refractivity contribution in [3.05, 3.63) is 101 Å². The van der Waals surface area contributed by atoms with Crippen molar-refractivity contribution in [1.82, 2.24) is 4.57 Å². The van der Waals surface area contributed by atoms with Crippen molar-refractivity contribution in [2.75, 3.05) is 7.11 Å². The van der Waals surface area contributed by atoms with Crippen LogP contribution in [0.4, 0.5) is 4.39 Å². The molecule has 0 saturated heterocycles. The molecule has 3 nitrogen and oxygen atoms in total. The maximum Gasteiger partial charge on any atom is 0.210 e. The summed E-state index contributed by atoms with van der Waals surface area (Å²) in [7, 11) is 1.63. The van der Waals surface area contributed by atoms with Gasteiger partial charge in [-0.15, -0.1) is 0 Å². The maximum atomic E-state index is 14.1. The Hall–Kier alpha value is -3.66. The van der Waals surface area contributed by atoms with Gasteiger partial charge < -0.3 is 9.30 Å². The lowest BCUT2D eigenvalue weighted by Gasteiger charge is -2.12. The first-order valence-corrected chi connectivity index (χ1v) is 9.84. The van der Waals surface area contributed by atoms with Gasteiger partial charge in [0.15, 0.2) is 0 Å². The molecule has 3 aromatic carbocycles. The summed E-state index contributed by atoms with van der Waals surface area (Å²) in [6.07, 6.45) is 0. The van der Waals surface area contributed by atoms with Crippen molar-refractivity contribution in [3.8, 4) is 28.0 Å². The van der Waals surface area contributed by atoms with Gasteiger partial charge >= 0.3 is 0 Å². The molecule has 0 N–H and O–H groups in total. The maximum absolute atomic E-state index is 14.1. The third-order valence-electron chi connectivity index (χ3n) is 5.80. The minimum Gasteiger partial charge on any atom is -0.497 e. The average molecular weight is 397 g/mol. The van der Waals surface area contributed by atoms with E-state index in [2.05, 4.69) is 4.57 Å². The Kier molecular flexibility index (Phi) is 4.28. The molecule has 0 atom stereocenters. The highest BCUT2D eigenvalue weighted by molar-refractivity contribution is 6.23. The van der Waals surface area contributed by atoms with Crippen molar-refractivity contribution in [2.45, 2.75) is 13.5 Å². The molecule has 0 amide bonds. The number of fused-ring (bicyclic) bond motifs is 3. The van der Waals surface area contributed by atoms with Gasteiger partial charge in [0.1, 0.15) is 11.6 Å². The van der Waals surface area contributed by atoms with Crippen molar-refractivity contribution in [2.24, 2.45) is 0 Å². The van der Waals surface area contributed by atoms with Gasteiger partial charge in [-0.3, -0.25) is 4.79 Å². The second-order valence-corrected chi connectivity index (χ2v) is 7.50. The minimum absolute atomic E-state index is 0.0567. The van der Waals surface area contributed by atoms with Gasteiger partial charge in [0.2, 0.25) is 5.78 Å². The number of rotatable bonds is 4. The van der Waals surface area contributed by atoms with E-state index in [1.807, 2.05) is 61.5 Å². The van der Waals surface area contributed by atoms with E-state index in [4.69, 9.17) is 4.74 Å². The predicted octanol–water partition coefficient (Wildman–Crippen LogP) is 5.87. The number of hydrogen-bond donors (Lipinski definition) is 0. The summed E-state index contributed by atoms with van der Waals surface area (Å²) >= 11 is 0. The second kappa shape index (κ2) is 6.99. The van der Waals surface area contributed by atoms with E-state index < -0.39 is 0 Å². The van der Waals surface area contributed by atoms with Crippen LogP contribution >= 0.6 is 0 Å². The lowest BCUT2D eigenvalue weighted by atomic mass is 9.97. The van der Waals surface area contributed by atoms with E-state index in [0.717, 1.165) is 33.7 Å². The summed E-state index contributed by atoms with van der Waals surface area (Å²) in [4.78, 5) is 13.3. The Bertz CT molecular complexity index is 1270. The lowest BCUT2D eigenvalue weighted by molar-refractivity contribution is 0.103. The molecule has 0 fully saturated rings. The number of ketones is 1. The van der Waals surface area contributed by atoms with E-state index in [0.29, 0.717) is 23.4 Å². The number of benzene rings is 3. The van der Waals surface area contributed by atoms with Gasteiger partial charge in [-0.05, 0) is 53.9 Å². The van der Waals surface area contributed by atoms with Crippen molar-refractivity contribution < 1.29 is 13.9 Å². The molecule has 30 heavy (non-hydrogen) atoms. The quantitative estimate of drug-likeness (QED) is 0.380. The monoisotopic (exact) mass is 397 g/mol. The molecule has 0 unspecified atom stereocenters. The van der Waals surface area contributed by atoms with Crippen LogP contribution in [0.1, 0.15) is 27.3 Å². The van der Waals surface area contributed by atoms with E-state index in [1.165, 1.54) is 12.1 Å². The zero-order valence-corrected chi connectivity index (χ0v) is 16.8. The summed E-state index contributed by atoms with van der Waals surface area (Å²) < 4.78 is 21.5. The highest BCUT2D eigenvalue weighted by atomic mass is 19.1. The third kappa shape index (κ3) is 2.76. The molecule has 0 radical (unpaired) electrons. The summed E-state index contributed by atoms with van der Waals surface area (Å²) in [5, 5.41) is 0. The topological polar surface area (TPSA) is 31.2 Å². The molecule has 1 aliphatic rings. The fourth-order valence-corrected chi connectivity index (χ4v) is 4.36. The molecule has 1 heterocycles. The summed E-state index contributed by atoms with van der Waals surface area (Å²) in [5.74, 6) is 0.363. The number of halogens is 1. The minimum atomic E-state index is -0.344. The van der Waals surface area contributed by atoms with Crippen molar-refractivity contribution in [1.29, 1.82) is 0 Å². The molecular weight excluding hydrogens is 377 g/mol. The van der Waals surface area contributed by atoms with Crippen LogP contribution in [-0.2, 0) is 6.54 Å². The zero-order chi connectivity index (χ0) is 20.8. The molecule has 1 aromatic heterocycles. The molecule has 148 valence electrons. The van der Waals surface area contributed by atoms with E-state index in [-0.39, 0.29) is 11.6 Å². The molecule has 4 heteroatoms. The molecule has 5 rings (SSSR count). The normalized spacial score (nSPS) is 12.0. The van der Waals surface area contributed by atoms with Crippen LogP contribution in [0.3, 0.4) is 0 Å². The summed E-state index contributed by atoms with van der Waals surface area (Å²) in [5.41, 5.74) is 6.68. The van der Waals surface area contributed by atoms with Crippen molar-refractivity contribution in [3.63, 3.8) is 0 Å². The van der Waals surface area contributed by atoms with E-state index in [1.54, 1.807) is 13.2 Å². The van der Waals surface area contributed by atoms with Crippen molar-refractivity contribution >= 4 is 5.78 Å². The fraction of sp³-hybridized carbons (Fsp3) is 0.115. The van der Waals surface area contributed by atoms with Crippen LogP contribution in [0.15, 0.2) is 72.8 Å². The largest absolute Gasteiger partial charge is 0.497 e. The average Bonchev–Trinajstić information content (AvgIpc) is 3.21. The van der Waals surface area contributed by atoms with Gasteiger partial charge in [-0.25, -0.2) is 4.39 Å². The molecule has 1 aliphatic carbocycles. The summed E-state index contributed by atoms with van der Waals surface area (Å²) in [6.45, 7) is 2.60. The number of aromatic nitrogens is 1. The Morgan fingerprint density at radius 3 is 2.33 bits per heavy atom. The number of methoxy groups -OCH3 is 1.